The summed E-state index contributed by atoms with van der Waals surface area (Å²) in [7, 11) is 4.85. The topological polar surface area (TPSA) is 64.6 Å². The van der Waals surface area contributed by atoms with Gasteiger partial charge in [0, 0.05) is 21.3 Å². The first-order valence-electron chi connectivity index (χ1n) is 6.16. The lowest BCUT2D eigenvalue weighted by Gasteiger charge is -2.17. The average Bonchev–Trinajstić information content (AvgIpc) is 2.42. The van der Waals surface area contributed by atoms with E-state index in [9.17, 15) is 0 Å². The number of ether oxygens (including phenoxy) is 7. The Morgan fingerprint density at radius 1 is 0.632 bits per heavy atom. The van der Waals surface area contributed by atoms with Gasteiger partial charge in [0.25, 0.3) is 0 Å². The molecule has 1 atom stereocenters. The van der Waals surface area contributed by atoms with Gasteiger partial charge in [0.15, 0.2) is 0 Å². The minimum Gasteiger partial charge on any atom is -0.382 e. The van der Waals surface area contributed by atoms with E-state index in [1.54, 1.807) is 21.3 Å². The van der Waals surface area contributed by atoms with Crippen molar-refractivity contribution in [3.63, 3.8) is 0 Å². The largest absolute Gasteiger partial charge is 0.382 e. The molecule has 0 saturated heterocycles. The highest BCUT2D eigenvalue weighted by molar-refractivity contribution is 4.53. The molecule has 0 amide bonds. The molecule has 0 aromatic heterocycles. The van der Waals surface area contributed by atoms with Crippen molar-refractivity contribution in [1.82, 2.24) is 0 Å². The average molecular weight is 282 g/mol. The highest BCUT2D eigenvalue weighted by atomic mass is 16.7. The van der Waals surface area contributed by atoms with Crippen LogP contribution in [0.15, 0.2) is 0 Å². The van der Waals surface area contributed by atoms with Crippen molar-refractivity contribution >= 4 is 0 Å². The molecule has 7 nitrogen and oxygen atoms in total. The third-order valence-corrected chi connectivity index (χ3v) is 2.07. The zero-order chi connectivity index (χ0) is 14.2. The van der Waals surface area contributed by atoms with Crippen LogP contribution in [0.2, 0.25) is 0 Å². The molecule has 0 fully saturated rings. The van der Waals surface area contributed by atoms with Crippen molar-refractivity contribution < 1.29 is 33.2 Å². The molecule has 0 aliphatic heterocycles. The predicted octanol–water partition coefficient (Wildman–Crippen LogP) is 0.276. The lowest BCUT2D eigenvalue weighted by atomic mass is 10.4. The van der Waals surface area contributed by atoms with E-state index in [4.69, 9.17) is 33.2 Å². The number of hydrogen-bond donors (Lipinski definition) is 0. The van der Waals surface area contributed by atoms with Gasteiger partial charge in [-0.15, -0.1) is 0 Å². The fraction of sp³-hybridized carbons (Fsp3) is 1.00. The molecule has 7 heteroatoms. The summed E-state index contributed by atoms with van der Waals surface area (Å²) in [6, 6.07) is 0. The summed E-state index contributed by atoms with van der Waals surface area (Å²) >= 11 is 0. The van der Waals surface area contributed by atoms with Crippen LogP contribution in [0.1, 0.15) is 0 Å². The molecule has 0 aliphatic rings. The van der Waals surface area contributed by atoms with Crippen LogP contribution in [0.3, 0.4) is 0 Å². The summed E-state index contributed by atoms with van der Waals surface area (Å²) in [6.07, 6.45) is -0.182. The molecule has 1 unspecified atom stereocenters. The van der Waals surface area contributed by atoms with Crippen molar-refractivity contribution in [1.29, 1.82) is 0 Å². The molecule has 0 saturated carbocycles. The van der Waals surface area contributed by atoms with E-state index in [1.807, 2.05) is 0 Å². The Bertz CT molecular complexity index is 168. The van der Waals surface area contributed by atoms with E-state index < -0.39 is 0 Å². The normalized spacial score (nSPS) is 12.8. The van der Waals surface area contributed by atoms with Crippen LogP contribution in [0.4, 0.5) is 0 Å². The lowest BCUT2D eigenvalue weighted by Crippen LogP contribution is -2.27. The van der Waals surface area contributed by atoms with Gasteiger partial charge in [0.2, 0.25) is 0 Å². The Hall–Kier alpha value is -0.280. The summed E-state index contributed by atoms with van der Waals surface area (Å²) in [5.41, 5.74) is 0. The Morgan fingerprint density at radius 2 is 1.26 bits per heavy atom. The van der Waals surface area contributed by atoms with Gasteiger partial charge in [0.05, 0.1) is 39.6 Å². The van der Waals surface area contributed by atoms with Crippen molar-refractivity contribution in [2.75, 3.05) is 74.6 Å². The Morgan fingerprint density at radius 3 is 1.84 bits per heavy atom. The van der Waals surface area contributed by atoms with Crippen LogP contribution in [0, 0.1) is 0 Å². The molecular weight excluding hydrogens is 256 g/mol. The zero-order valence-corrected chi connectivity index (χ0v) is 12.1. The van der Waals surface area contributed by atoms with E-state index >= 15 is 0 Å². The Kier molecular flexibility index (Phi) is 15.5. The van der Waals surface area contributed by atoms with E-state index in [0.717, 1.165) is 0 Å². The van der Waals surface area contributed by atoms with Crippen LogP contribution in [-0.4, -0.2) is 80.7 Å². The van der Waals surface area contributed by atoms with Gasteiger partial charge in [-0.2, -0.15) is 0 Å². The number of methoxy groups -OCH3 is 3. The third kappa shape index (κ3) is 13.9. The maximum Gasteiger partial charge on any atom is 0.147 e. The van der Waals surface area contributed by atoms with E-state index in [2.05, 4.69) is 0 Å². The van der Waals surface area contributed by atoms with Crippen LogP contribution in [0.25, 0.3) is 0 Å². The molecule has 19 heavy (non-hydrogen) atoms. The summed E-state index contributed by atoms with van der Waals surface area (Å²) in [6.45, 7) is 3.31. The maximum absolute atomic E-state index is 5.45. The summed E-state index contributed by atoms with van der Waals surface area (Å²) < 4.78 is 35.9. The second-order valence-corrected chi connectivity index (χ2v) is 3.65. The zero-order valence-electron chi connectivity index (χ0n) is 12.1. The van der Waals surface area contributed by atoms with Gasteiger partial charge in [-0.3, -0.25) is 0 Å². The molecule has 0 N–H and O–H groups in total. The minimum absolute atomic E-state index is 0.182. The predicted molar refractivity (Wildman–Crippen MR) is 68.1 cm³/mol. The first kappa shape index (κ1) is 18.7. The molecule has 116 valence electrons. The van der Waals surface area contributed by atoms with Crippen LogP contribution >= 0.6 is 0 Å². The third-order valence-electron chi connectivity index (χ3n) is 2.07. The molecule has 0 aliphatic carbocycles. The van der Waals surface area contributed by atoms with Gasteiger partial charge in [-0.05, 0) is 0 Å². The van der Waals surface area contributed by atoms with Gasteiger partial charge >= 0.3 is 0 Å². The number of rotatable bonds is 15. The van der Waals surface area contributed by atoms with Gasteiger partial charge in [0.1, 0.15) is 19.7 Å². The molecule has 0 aromatic carbocycles. The molecule has 0 heterocycles. The standard InChI is InChI=1S/C12H26O7/c1-13-4-6-16-10-18-9-12(8-15-3)19-11-17-7-5-14-2/h12H,4-11H2,1-3H3. The molecule has 0 spiro atoms. The summed E-state index contributed by atoms with van der Waals surface area (Å²) in [5.74, 6) is 0. The first-order chi connectivity index (χ1) is 9.35. The van der Waals surface area contributed by atoms with Gasteiger partial charge in [-0.25, -0.2) is 0 Å². The second-order valence-electron chi connectivity index (χ2n) is 3.65. The van der Waals surface area contributed by atoms with Crippen LogP contribution < -0.4 is 0 Å². The molecule has 0 rings (SSSR count). The van der Waals surface area contributed by atoms with E-state index in [-0.39, 0.29) is 19.7 Å². The fourth-order valence-electron chi connectivity index (χ4n) is 1.12. The van der Waals surface area contributed by atoms with Crippen molar-refractivity contribution in [3.8, 4) is 0 Å². The molecular formula is C12H26O7. The van der Waals surface area contributed by atoms with Gasteiger partial charge in [-0.1, -0.05) is 0 Å². The SMILES string of the molecule is COCCOCOCC(COC)OCOCCOC. The van der Waals surface area contributed by atoms with Gasteiger partial charge < -0.3 is 33.2 Å². The van der Waals surface area contributed by atoms with Crippen LogP contribution in [-0.2, 0) is 33.2 Å². The maximum atomic E-state index is 5.45. The molecule has 0 aromatic rings. The lowest BCUT2D eigenvalue weighted by molar-refractivity contribution is -0.150. The highest BCUT2D eigenvalue weighted by Crippen LogP contribution is 1.96. The number of hydrogen-bond acceptors (Lipinski definition) is 7. The fourth-order valence-corrected chi connectivity index (χ4v) is 1.12. The van der Waals surface area contributed by atoms with E-state index in [0.29, 0.717) is 39.6 Å². The summed E-state index contributed by atoms with van der Waals surface area (Å²) in [5, 5.41) is 0. The molecule has 0 radical (unpaired) electrons. The summed E-state index contributed by atoms with van der Waals surface area (Å²) in [4.78, 5) is 0. The van der Waals surface area contributed by atoms with Crippen molar-refractivity contribution in [2.45, 2.75) is 6.10 Å². The van der Waals surface area contributed by atoms with Crippen molar-refractivity contribution in [3.05, 3.63) is 0 Å². The second kappa shape index (κ2) is 15.8. The van der Waals surface area contributed by atoms with E-state index in [1.165, 1.54) is 0 Å². The smallest absolute Gasteiger partial charge is 0.147 e. The first-order valence-corrected chi connectivity index (χ1v) is 6.16. The Balaban J connectivity index is 3.45. The highest BCUT2D eigenvalue weighted by Gasteiger charge is 2.09. The van der Waals surface area contributed by atoms with Crippen molar-refractivity contribution in [2.24, 2.45) is 0 Å². The quantitative estimate of drug-likeness (QED) is 0.316. The monoisotopic (exact) mass is 282 g/mol. The Labute approximate surface area is 115 Å². The van der Waals surface area contributed by atoms with Crippen LogP contribution in [0.5, 0.6) is 0 Å². The molecule has 0 bridgehead atoms. The minimum atomic E-state index is -0.182.